The normalized spacial score (nSPS) is 12.9. The van der Waals surface area contributed by atoms with Gasteiger partial charge in [0.25, 0.3) is 0 Å². The topological polar surface area (TPSA) is 47.0 Å². The second-order valence-electron chi connectivity index (χ2n) is 2.60. The zero-order chi connectivity index (χ0) is 11.0. The van der Waals surface area contributed by atoms with Gasteiger partial charge in [0.1, 0.15) is 6.20 Å². The van der Waals surface area contributed by atoms with Crippen molar-refractivity contribution < 1.29 is 21.6 Å². The highest BCUT2D eigenvalue weighted by atomic mass is 32.2. The van der Waals surface area contributed by atoms with E-state index in [-0.39, 0.29) is 0 Å². The van der Waals surface area contributed by atoms with Crippen LogP contribution in [-0.4, -0.2) is 19.7 Å². The quantitative estimate of drug-likeness (QED) is 0.722. The summed E-state index contributed by atoms with van der Waals surface area (Å²) in [5.74, 6) is 0. The molecule has 0 bridgehead atoms. The van der Waals surface area contributed by atoms with E-state index in [4.69, 9.17) is 0 Å². The molecular weight excluding hydrogens is 219 g/mol. The van der Waals surface area contributed by atoms with Crippen molar-refractivity contribution in [2.75, 3.05) is 6.26 Å². The summed E-state index contributed by atoms with van der Waals surface area (Å²) >= 11 is 0. The van der Waals surface area contributed by atoms with Gasteiger partial charge in [-0.3, -0.25) is 4.98 Å². The molecule has 77 valence electrons. The van der Waals surface area contributed by atoms with Crippen molar-refractivity contribution in [1.82, 2.24) is 4.98 Å². The van der Waals surface area contributed by atoms with Crippen LogP contribution in [0, 0.1) is 6.20 Å². The van der Waals surface area contributed by atoms with Crippen LogP contribution in [0.25, 0.3) is 0 Å². The monoisotopic (exact) mass is 224 g/mol. The number of pyridine rings is 1. The third kappa shape index (κ3) is 2.44. The summed E-state index contributed by atoms with van der Waals surface area (Å²) in [6.07, 6.45) is -1.30. The summed E-state index contributed by atoms with van der Waals surface area (Å²) in [6, 6.07) is 0.502. The highest BCUT2D eigenvalue weighted by molar-refractivity contribution is 7.90. The Hall–Kier alpha value is -1.11. The van der Waals surface area contributed by atoms with Crippen molar-refractivity contribution in [3.8, 4) is 0 Å². The van der Waals surface area contributed by atoms with Crippen LogP contribution in [-0.2, 0) is 16.0 Å². The molecule has 0 N–H and O–H groups in total. The molecule has 7 heteroatoms. The molecule has 1 rings (SSSR count). The molecule has 1 heterocycles. The predicted molar refractivity (Wildman–Crippen MR) is 41.2 cm³/mol. The first kappa shape index (κ1) is 11.0. The Balaban J connectivity index is 3.29. The zero-order valence-electron chi connectivity index (χ0n) is 6.96. The zero-order valence-corrected chi connectivity index (χ0v) is 7.78. The lowest BCUT2D eigenvalue weighted by atomic mass is 10.3. The lowest BCUT2D eigenvalue weighted by Gasteiger charge is -2.06. The molecule has 0 atom stereocenters. The van der Waals surface area contributed by atoms with Gasteiger partial charge in [-0.1, -0.05) is 0 Å². The van der Waals surface area contributed by atoms with Crippen molar-refractivity contribution in [3.05, 3.63) is 24.0 Å². The van der Waals surface area contributed by atoms with Crippen molar-refractivity contribution in [2.45, 2.75) is 11.1 Å². The number of halogens is 3. The molecule has 1 aromatic heterocycles. The first-order chi connectivity index (χ1) is 6.21. The van der Waals surface area contributed by atoms with Gasteiger partial charge < -0.3 is 0 Å². The van der Waals surface area contributed by atoms with Gasteiger partial charge in [-0.2, -0.15) is 13.2 Å². The number of nitrogens with zero attached hydrogens (tertiary/aromatic N) is 1. The fourth-order valence-electron chi connectivity index (χ4n) is 0.721. The number of sulfone groups is 1. The Morgan fingerprint density at radius 3 is 2.43 bits per heavy atom. The van der Waals surface area contributed by atoms with Crippen LogP contribution in [0.5, 0.6) is 0 Å². The smallest absolute Gasteiger partial charge is 0.253 e. The summed E-state index contributed by atoms with van der Waals surface area (Å²) < 4.78 is 58.1. The molecule has 0 fully saturated rings. The molecule has 3 nitrogen and oxygen atoms in total. The largest absolute Gasteiger partial charge is 0.417 e. The number of rotatable bonds is 1. The Bertz CT molecular complexity index is 438. The molecule has 1 aromatic rings. The maximum Gasteiger partial charge on any atom is 0.417 e. The van der Waals surface area contributed by atoms with Crippen molar-refractivity contribution in [3.63, 3.8) is 0 Å². The van der Waals surface area contributed by atoms with Crippen molar-refractivity contribution in [2.24, 2.45) is 0 Å². The van der Waals surface area contributed by atoms with E-state index in [1.165, 1.54) is 0 Å². The van der Waals surface area contributed by atoms with Crippen LogP contribution < -0.4 is 0 Å². The third-order valence-corrected chi connectivity index (χ3v) is 2.40. The molecule has 14 heavy (non-hydrogen) atoms. The maximum atomic E-state index is 12.1. The summed E-state index contributed by atoms with van der Waals surface area (Å²) in [6.45, 7) is 0. The van der Waals surface area contributed by atoms with Gasteiger partial charge >= 0.3 is 6.18 Å². The Labute approximate surface area is 78.5 Å². The highest BCUT2D eigenvalue weighted by Crippen LogP contribution is 2.29. The summed E-state index contributed by atoms with van der Waals surface area (Å²) in [7, 11) is -3.70. The maximum absolute atomic E-state index is 12.1. The lowest BCUT2D eigenvalue weighted by Crippen LogP contribution is -2.08. The molecule has 0 aliphatic carbocycles. The molecule has 0 aliphatic rings. The molecule has 0 spiro atoms. The molecule has 0 saturated carbocycles. The highest BCUT2D eigenvalue weighted by Gasteiger charge is 2.31. The van der Waals surface area contributed by atoms with E-state index in [2.05, 4.69) is 4.98 Å². The van der Waals surface area contributed by atoms with E-state index >= 15 is 0 Å². The van der Waals surface area contributed by atoms with Gasteiger partial charge in [0.15, 0.2) is 9.84 Å². The minimum absolute atomic E-state index is 0.502. The van der Waals surface area contributed by atoms with E-state index in [9.17, 15) is 21.6 Å². The molecule has 1 radical (unpaired) electrons. The average Bonchev–Trinajstić information content (AvgIpc) is 2.01. The fourth-order valence-corrected chi connectivity index (χ4v) is 1.28. The predicted octanol–water partition coefficient (Wildman–Crippen LogP) is 1.30. The van der Waals surface area contributed by atoms with Crippen LogP contribution in [0.15, 0.2) is 17.2 Å². The van der Waals surface area contributed by atoms with Gasteiger partial charge in [-0.15, -0.1) is 0 Å². The average molecular weight is 224 g/mol. The molecule has 0 saturated heterocycles. The minimum atomic E-state index is -4.60. The van der Waals surface area contributed by atoms with Gasteiger partial charge in [0, 0.05) is 12.5 Å². The van der Waals surface area contributed by atoms with E-state index in [1.807, 2.05) is 6.20 Å². The van der Waals surface area contributed by atoms with Crippen LogP contribution in [0.3, 0.4) is 0 Å². The van der Waals surface area contributed by atoms with Crippen molar-refractivity contribution >= 4 is 9.84 Å². The van der Waals surface area contributed by atoms with Gasteiger partial charge in [0.05, 0.1) is 10.5 Å². The molecule has 0 aliphatic heterocycles. The van der Waals surface area contributed by atoms with E-state index < -0.39 is 26.5 Å². The number of alkyl halides is 3. The Morgan fingerprint density at radius 2 is 2.00 bits per heavy atom. The SMILES string of the molecule is CS(=O)(=O)c1[c]ncc(C(F)(F)F)c1. The van der Waals surface area contributed by atoms with Crippen LogP contribution in [0.1, 0.15) is 5.56 Å². The lowest BCUT2D eigenvalue weighted by molar-refractivity contribution is -0.138. The molecule has 0 aromatic carbocycles. The van der Waals surface area contributed by atoms with E-state index in [0.29, 0.717) is 12.3 Å². The first-order valence-electron chi connectivity index (χ1n) is 3.36. The van der Waals surface area contributed by atoms with E-state index in [0.717, 1.165) is 6.26 Å². The second-order valence-corrected chi connectivity index (χ2v) is 4.59. The molecular formula is C7H5F3NO2S. The first-order valence-corrected chi connectivity index (χ1v) is 5.25. The van der Waals surface area contributed by atoms with Gasteiger partial charge in [-0.05, 0) is 6.07 Å². The third-order valence-electron chi connectivity index (χ3n) is 1.39. The van der Waals surface area contributed by atoms with Crippen molar-refractivity contribution in [1.29, 1.82) is 0 Å². The van der Waals surface area contributed by atoms with Crippen LogP contribution in [0.2, 0.25) is 0 Å². The second kappa shape index (κ2) is 3.23. The van der Waals surface area contributed by atoms with Gasteiger partial charge in [0.2, 0.25) is 0 Å². The summed E-state index contributed by atoms with van der Waals surface area (Å²) in [5, 5.41) is 0. The number of aromatic nitrogens is 1. The van der Waals surface area contributed by atoms with Crippen LogP contribution >= 0.6 is 0 Å². The molecule has 0 unspecified atom stereocenters. The summed E-state index contributed by atoms with van der Waals surface area (Å²) in [4.78, 5) is 2.53. The fraction of sp³-hybridized carbons (Fsp3) is 0.286. The molecule has 0 amide bonds. The van der Waals surface area contributed by atoms with E-state index in [1.54, 1.807) is 0 Å². The summed E-state index contributed by atoms with van der Waals surface area (Å²) in [5.41, 5.74) is -1.10. The Kier molecular flexibility index (Phi) is 2.53. The number of hydrogen-bond acceptors (Lipinski definition) is 3. The van der Waals surface area contributed by atoms with Crippen LogP contribution in [0.4, 0.5) is 13.2 Å². The number of hydrogen-bond donors (Lipinski definition) is 0. The van der Waals surface area contributed by atoms with Gasteiger partial charge in [-0.25, -0.2) is 8.42 Å². The minimum Gasteiger partial charge on any atom is -0.253 e. The standard InChI is InChI=1S/C7H5F3NO2S/c1-14(12,13)6-2-5(3-11-4-6)7(8,9)10/h2-3H,1H3. The Morgan fingerprint density at radius 1 is 1.43 bits per heavy atom.